The van der Waals surface area contributed by atoms with Crippen LogP contribution in [0.3, 0.4) is 0 Å². The fourth-order valence-electron chi connectivity index (χ4n) is 16.6. The van der Waals surface area contributed by atoms with Crippen LogP contribution in [-0.2, 0) is 10.8 Å². The van der Waals surface area contributed by atoms with E-state index in [4.69, 9.17) is 4.74 Å². The van der Waals surface area contributed by atoms with Crippen molar-refractivity contribution >= 4 is 43.6 Å². The molecule has 3 nitrogen and oxygen atoms in total. The molecule has 0 amide bonds. The van der Waals surface area contributed by atoms with E-state index < -0.39 is 0 Å². The molecule has 0 atom stereocenters. The number of para-hydroxylation sites is 2. The number of hydrogen-bond acceptors (Lipinski definition) is 1. The number of methoxy groups -OCH3 is 1. The van der Waals surface area contributed by atoms with Crippen LogP contribution in [-0.4, -0.2) is 16.2 Å². The van der Waals surface area contributed by atoms with Crippen molar-refractivity contribution < 1.29 is 4.74 Å². The SMILES string of the molecule is COc1ccc2c(c1)-c1ccc3c4ccccc4n(-c4ccc(-c5cc(-c6ccccc6)cc(-c6cccc(-c7cc8c(c9c7c7ccccc7n9-c7ccc(-c9cc(-c%10ccccc%10)cc(-c%10ccccc%10)c9)c(C)c7)C(C)(C)c7ccccc7-8)c6)c5)cc4)c3c1C2(C)C. The Balaban J connectivity index is 0.787. The van der Waals surface area contributed by atoms with Gasteiger partial charge in [0.15, 0.2) is 0 Å². The second-order valence-electron chi connectivity index (χ2n) is 27.2. The van der Waals surface area contributed by atoms with Crippen LogP contribution in [0.2, 0.25) is 0 Å². The first kappa shape index (κ1) is 56.2. The first-order chi connectivity index (χ1) is 46.5. The third-order valence-electron chi connectivity index (χ3n) is 21.0. The Bertz CT molecular complexity index is 5750. The Hall–Kier alpha value is -11.5. The van der Waals surface area contributed by atoms with Gasteiger partial charge in [0.05, 0.1) is 29.2 Å². The molecule has 2 aromatic heterocycles. The van der Waals surface area contributed by atoms with Gasteiger partial charge in [-0.05, 0) is 232 Å². The molecule has 0 saturated heterocycles. The quantitative estimate of drug-likeness (QED) is 0.134. The lowest BCUT2D eigenvalue weighted by Gasteiger charge is -2.24. The van der Waals surface area contributed by atoms with Crippen molar-refractivity contribution in [2.24, 2.45) is 0 Å². The molecule has 0 bridgehead atoms. The zero-order chi connectivity index (χ0) is 63.8. The minimum absolute atomic E-state index is 0.235. The van der Waals surface area contributed by atoms with E-state index in [1.807, 2.05) is 0 Å². The zero-order valence-electron chi connectivity index (χ0n) is 54.2. The van der Waals surface area contributed by atoms with E-state index in [1.165, 1.54) is 149 Å². The van der Waals surface area contributed by atoms with E-state index in [9.17, 15) is 0 Å². The van der Waals surface area contributed by atoms with Crippen LogP contribution in [0.1, 0.15) is 55.5 Å². The molecular weight excluding hydrogens is 1150 g/mol. The summed E-state index contributed by atoms with van der Waals surface area (Å²) < 4.78 is 10.9. The minimum atomic E-state index is -0.286. The maximum absolute atomic E-state index is 5.78. The highest BCUT2D eigenvalue weighted by Crippen LogP contribution is 2.57. The normalized spacial score (nSPS) is 13.3. The Kier molecular flexibility index (Phi) is 12.7. The van der Waals surface area contributed by atoms with Gasteiger partial charge in [-0.25, -0.2) is 0 Å². The lowest BCUT2D eigenvalue weighted by Crippen LogP contribution is -2.16. The molecule has 18 rings (SSSR count). The van der Waals surface area contributed by atoms with Gasteiger partial charge in [0, 0.05) is 43.7 Å². The van der Waals surface area contributed by atoms with E-state index >= 15 is 0 Å². The second-order valence-corrected chi connectivity index (χ2v) is 27.2. The zero-order valence-corrected chi connectivity index (χ0v) is 54.2. The van der Waals surface area contributed by atoms with Crippen molar-refractivity contribution in [2.75, 3.05) is 7.11 Å². The predicted octanol–water partition coefficient (Wildman–Crippen LogP) is 24.5. The first-order valence-corrected chi connectivity index (χ1v) is 33.2. The number of fused-ring (bicyclic) bond motifs is 14. The van der Waals surface area contributed by atoms with E-state index in [2.05, 4.69) is 347 Å². The van der Waals surface area contributed by atoms with Gasteiger partial charge in [-0.15, -0.1) is 0 Å². The van der Waals surface area contributed by atoms with Gasteiger partial charge in [-0.1, -0.05) is 234 Å². The molecule has 3 heteroatoms. The fraction of sp³-hybridized carbons (Fsp3) is 0.0870. The molecule has 95 heavy (non-hydrogen) atoms. The summed E-state index contributed by atoms with van der Waals surface area (Å²) in [5.74, 6) is 0.876. The minimum Gasteiger partial charge on any atom is -0.497 e. The molecule has 0 radical (unpaired) electrons. The fourth-order valence-corrected chi connectivity index (χ4v) is 16.6. The Morgan fingerprint density at radius 1 is 0.274 bits per heavy atom. The van der Waals surface area contributed by atoms with Crippen molar-refractivity contribution in [3.05, 3.63) is 331 Å². The van der Waals surface area contributed by atoms with Crippen molar-refractivity contribution in [2.45, 2.75) is 45.4 Å². The number of aromatic nitrogens is 2. The average Bonchev–Trinajstić information content (AvgIpc) is 1.54. The predicted molar refractivity (Wildman–Crippen MR) is 400 cm³/mol. The highest BCUT2D eigenvalue weighted by atomic mass is 16.5. The van der Waals surface area contributed by atoms with Crippen LogP contribution in [0.25, 0.3) is 155 Å². The standard InChI is InChI=1S/C92H68N2O/c1-57-47-71(41-43-73(57)69-53-66(59-25-12-8-13-26-59)50-67(54-69)60-27-14-9-15-28-60)94-85-36-21-18-33-78(85)86-79(56-81-74-31-16-19-34-82(74)91(2,3)88(81)90(86)94)63-30-22-29-62(48-63)68-51-64(58-23-10-7-11-24-58)49-65(52-68)61-37-39-70(40-38-61)93-84-35-20-17-32-75(84)77-45-44-76-80-55-72(95-6)42-46-83(80)92(4,5)87(76)89(77)93/h7-56H,1-6H3. The van der Waals surface area contributed by atoms with Gasteiger partial charge in [0.25, 0.3) is 0 Å². The van der Waals surface area contributed by atoms with E-state index in [0.717, 1.165) is 39.4 Å². The largest absolute Gasteiger partial charge is 0.497 e. The average molecular weight is 1220 g/mol. The van der Waals surface area contributed by atoms with Crippen LogP contribution < -0.4 is 4.74 Å². The smallest absolute Gasteiger partial charge is 0.119 e. The van der Waals surface area contributed by atoms with Crippen molar-refractivity contribution in [3.8, 4) is 117 Å². The number of aryl methyl sites for hydroxylation is 1. The summed E-state index contributed by atoms with van der Waals surface area (Å²) in [6.07, 6.45) is 0. The molecule has 0 fully saturated rings. The Morgan fingerprint density at radius 2 is 0.747 bits per heavy atom. The number of nitrogens with zero attached hydrogens (tertiary/aromatic N) is 2. The van der Waals surface area contributed by atoms with Crippen LogP contribution in [0.15, 0.2) is 303 Å². The van der Waals surface area contributed by atoms with Gasteiger partial charge in [-0.2, -0.15) is 0 Å². The van der Waals surface area contributed by atoms with Crippen LogP contribution in [0, 0.1) is 6.92 Å². The van der Waals surface area contributed by atoms with Crippen LogP contribution in [0.5, 0.6) is 5.75 Å². The van der Waals surface area contributed by atoms with Gasteiger partial charge < -0.3 is 13.9 Å². The number of benzene rings is 14. The Morgan fingerprint density at radius 3 is 1.38 bits per heavy atom. The van der Waals surface area contributed by atoms with Gasteiger partial charge in [-0.3, -0.25) is 0 Å². The topological polar surface area (TPSA) is 19.1 Å². The highest BCUT2D eigenvalue weighted by Gasteiger charge is 2.41. The van der Waals surface area contributed by atoms with Crippen molar-refractivity contribution in [1.82, 2.24) is 9.13 Å². The molecule has 0 N–H and O–H groups in total. The summed E-state index contributed by atoms with van der Waals surface area (Å²) in [6.45, 7) is 11.9. The maximum atomic E-state index is 5.78. The summed E-state index contributed by atoms with van der Waals surface area (Å²) in [6, 6.07) is 113. The lowest BCUT2D eigenvalue weighted by atomic mass is 9.80. The lowest BCUT2D eigenvalue weighted by molar-refractivity contribution is 0.414. The van der Waals surface area contributed by atoms with E-state index in [-0.39, 0.29) is 10.8 Å². The molecule has 0 spiro atoms. The van der Waals surface area contributed by atoms with Crippen LogP contribution in [0.4, 0.5) is 0 Å². The molecule has 0 unspecified atom stereocenters. The Labute approximate surface area is 555 Å². The highest BCUT2D eigenvalue weighted by molar-refractivity contribution is 6.20. The first-order valence-electron chi connectivity index (χ1n) is 33.2. The molecule has 2 heterocycles. The molecular formula is C92H68N2O. The third-order valence-corrected chi connectivity index (χ3v) is 21.0. The van der Waals surface area contributed by atoms with Crippen LogP contribution >= 0.6 is 0 Å². The molecule has 2 aliphatic rings. The summed E-state index contributed by atoms with van der Waals surface area (Å²) in [5.41, 5.74) is 35.0. The molecule has 452 valence electrons. The maximum Gasteiger partial charge on any atom is 0.119 e. The van der Waals surface area contributed by atoms with Gasteiger partial charge >= 0.3 is 0 Å². The van der Waals surface area contributed by atoms with Crippen molar-refractivity contribution in [3.63, 3.8) is 0 Å². The molecule has 16 aromatic rings. The number of rotatable bonds is 10. The second kappa shape index (κ2) is 21.5. The van der Waals surface area contributed by atoms with Gasteiger partial charge in [0.1, 0.15) is 5.75 Å². The monoisotopic (exact) mass is 1220 g/mol. The number of hydrogen-bond donors (Lipinski definition) is 0. The number of ether oxygens (including phenoxy) is 1. The van der Waals surface area contributed by atoms with Gasteiger partial charge in [0.2, 0.25) is 0 Å². The molecule has 0 saturated carbocycles. The molecule has 2 aliphatic carbocycles. The van der Waals surface area contributed by atoms with Crippen molar-refractivity contribution in [1.29, 1.82) is 0 Å². The van der Waals surface area contributed by atoms with E-state index in [1.54, 1.807) is 7.11 Å². The summed E-state index contributed by atoms with van der Waals surface area (Å²) in [4.78, 5) is 0. The third kappa shape index (κ3) is 8.79. The van der Waals surface area contributed by atoms with E-state index in [0.29, 0.717) is 0 Å². The summed E-state index contributed by atoms with van der Waals surface area (Å²) in [5, 5.41) is 5.02. The molecule has 0 aliphatic heterocycles. The molecule has 14 aromatic carbocycles. The summed E-state index contributed by atoms with van der Waals surface area (Å²) in [7, 11) is 1.76. The summed E-state index contributed by atoms with van der Waals surface area (Å²) >= 11 is 0.